The van der Waals surface area contributed by atoms with E-state index in [1.54, 1.807) is 11.8 Å². The molecule has 3 nitrogen and oxygen atoms in total. The van der Waals surface area contributed by atoms with E-state index in [4.69, 9.17) is 15.9 Å². The fourth-order valence-corrected chi connectivity index (χ4v) is 1.37. The Balaban J connectivity index is 2.89. The molecule has 10 heavy (non-hydrogen) atoms. The Kier molecular flexibility index (Phi) is 7.51. The summed E-state index contributed by atoms with van der Waals surface area (Å²) < 4.78 is 0. The maximum absolute atomic E-state index is 8.86. The third-order valence-corrected chi connectivity index (χ3v) is 2.21. The predicted octanol–water partition coefficient (Wildman–Crippen LogP) is -0.578. The fourth-order valence-electron chi connectivity index (χ4n) is 0.457. The van der Waals surface area contributed by atoms with Crippen LogP contribution in [0.5, 0.6) is 0 Å². The van der Waals surface area contributed by atoms with Crippen LogP contribution in [0.25, 0.3) is 0 Å². The van der Waals surface area contributed by atoms with Crippen molar-refractivity contribution in [2.75, 3.05) is 24.7 Å². The zero-order valence-corrected chi connectivity index (χ0v) is 6.81. The van der Waals surface area contributed by atoms with E-state index in [1.807, 2.05) is 0 Å². The van der Waals surface area contributed by atoms with Gasteiger partial charge < -0.3 is 15.9 Å². The Morgan fingerprint density at radius 1 is 1.50 bits per heavy atom. The summed E-state index contributed by atoms with van der Waals surface area (Å²) in [5.41, 5.74) is 5.25. The lowest BCUT2D eigenvalue weighted by Crippen LogP contribution is -2.15. The second-order valence-electron chi connectivity index (χ2n) is 2.05. The van der Waals surface area contributed by atoms with E-state index in [0.29, 0.717) is 12.3 Å². The van der Waals surface area contributed by atoms with Crippen LogP contribution in [0, 0.1) is 0 Å². The molecule has 0 fully saturated rings. The summed E-state index contributed by atoms with van der Waals surface area (Å²) in [5, 5.41) is 17.3. The highest BCUT2D eigenvalue weighted by atomic mass is 32.2. The molecule has 1 atom stereocenters. The monoisotopic (exact) mass is 165 g/mol. The first-order chi connectivity index (χ1) is 4.81. The molecule has 0 rings (SSSR count). The number of hydrogen-bond acceptors (Lipinski definition) is 4. The van der Waals surface area contributed by atoms with E-state index in [2.05, 4.69) is 0 Å². The van der Waals surface area contributed by atoms with E-state index in [0.717, 1.165) is 12.2 Å². The van der Waals surface area contributed by atoms with E-state index in [1.165, 1.54) is 0 Å². The average molecular weight is 165 g/mol. The maximum Gasteiger partial charge on any atom is 0.0861 e. The minimum Gasteiger partial charge on any atom is -0.394 e. The molecule has 1 unspecified atom stereocenters. The summed E-state index contributed by atoms with van der Waals surface area (Å²) in [6.07, 6.45) is 0.408. The molecule has 0 aromatic carbocycles. The van der Waals surface area contributed by atoms with Crippen molar-refractivity contribution in [2.24, 2.45) is 5.73 Å². The SMILES string of the molecule is NCCCSCC(O)CO. The van der Waals surface area contributed by atoms with E-state index in [-0.39, 0.29) is 6.61 Å². The van der Waals surface area contributed by atoms with Crippen molar-refractivity contribution in [3.63, 3.8) is 0 Å². The summed E-state index contributed by atoms with van der Waals surface area (Å²) in [4.78, 5) is 0. The fraction of sp³-hybridized carbons (Fsp3) is 1.00. The number of nitrogens with two attached hydrogens (primary N) is 1. The minimum absolute atomic E-state index is 0.143. The second kappa shape index (κ2) is 7.34. The molecule has 0 amide bonds. The Hall–Kier alpha value is 0.230. The van der Waals surface area contributed by atoms with Gasteiger partial charge in [-0.05, 0) is 18.7 Å². The molecule has 0 bridgehead atoms. The molecule has 62 valence electrons. The van der Waals surface area contributed by atoms with Crippen molar-refractivity contribution in [2.45, 2.75) is 12.5 Å². The van der Waals surface area contributed by atoms with Crippen LogP contribution in [0.4, 0.5) is 0 Å². The van der Waals surface area contributed by atoms with Crippen molar-refractivity contribution in [1.29, 1.82) is 0 Å². The number of rotatable bonds is 6. The quantitative estimate of drug-likeness (QED) is 0.461. The van der Waals surface area contributed by atoms with Gasteiger partial charge >= 0.3 is 0 Å². The van der Waals surface area contributed by atoms with Crippen molar-refractivity contribution < 1.29 is 10.2 Å². The van der Waals surface area contributed by atoms with Crippen LogP contribution in [-0.2, 0) is 0 Å². The van der Waals surface area contributed by atoms with E-state index >= 15 is 0 Å². The van der Waals surface area contributed by atoms with Gasteiger partial charge in [0.15, 0.2) is 0 Å². The van der Waals surface area contributed by atoms with Crippen molar-refractivity contribution >= 4 is 11.8 Å². The normalized spacial score (nSPS) is 13.5. The highest BCUT2D eigenvalue weighted by Crippen LogP contribution is 2.03. The van der Waals surface area contributed by atoms with Gasteiger partial charge in [0.05, 0.1) is 12.7 Å². The van der Waals surface area contributed by atoms with Gasteiger partial charge in [0.25, 0.3) is 0 Å². The van der Waals surface area contributed by atoms with Gasteiger partial charge in [-0.15, -0.1) is 0 Å². The zero-order valence-electron chi connectivity index (χ0n) is 5.99. The predicted molar refractivity (Wildman–Crippen MR) is 44.1 cm³/mol. The average Bonchev–Trinajstić information content (AvgIpc) is 1.98. The van der Waals surface area contributed by atoms with Crippen LogP contribution < -0.4 is 5.73 Å². The molecule has 4 heteroatoms. The summed E-state index contributed by atoms with van der Waals surface area (Å²) in [5.74, 6) is 1.57. The first kappa shape index (κ1) is 10.2. The molecule has 0 aliphatic rings. The highest BCUT2D eigenvalue weighted by molar-refractivity contribution is 7.99. The third-order valence-electron chi connectivity index (χ3n) is 1.01. The summed E-state index contributed by atoms with van der Waals surface area (Å²) in [6, 6.07) is 0. The number of aliphatic hydroxyl groups excluding tert-OH is 2. The lowest BCUT2D eigenvalue weighted by atomic mass is 10.4. The van der Waals surface area contributed by atoms with Crippen molar-refractivity contribution in [1.82, 2.24) is 0 Å². The number of hydrogen-bond donors (Lipinski definition) is 3. The summed E-state index contributed by atoms with van der Waals surface area (Å²) in [7, 11) is 0. The van der Waals surface area contributed by atoms with Crippen LogP contribution in [0.2, 0.25) is 0 Å². The molecule has 4 N–H and O–H groups in total. The Morgan fingerprint density at radius 3 is 2.70 bits per heavy atom. The number of aliphatic hydroxyl groups is 2. The van der Waals surface area contributed by atoms with Gasteiger partial charge in [0, 0.05) is 5.75 Å². The Labute approximate surface area is 65.6 Å². The van der Waals surface area contributed by atoms with Crippen molar-refractivity contribution in [3.05, 3.63) is 0 Å². The van der Waals surface area contributed by atoms with Gasteiger partial charge in [-0.3, -0.25) is 0 Å². The third kappa shape index (κ3) is 6.35. The van der Waals surface area contributed by atoms with Crippen LogP contribution in [0.1, 0.15) is 6.42 Å². The second-order valence-corrected chi connectivity index (χ2v) is 3.20. The number of thioether (sulfide) groups is 1. The Bertz CT molecular complexity index is 72.8. The van der Waals surface area contributed by atoms with E-state index in [9.17, 15) is 0 Å². The smallest absolute Gasteiger partial charge is 0.0861 e. The highest BCUT2D eigenvalue weighted by Gasteiger charge is 1.99. The maximum atomic E-state index is 8.86. The summed E-state index contributed by atoms with van der Waals surface area (Å²) >= 11 is 1.62. The molecule has 0 heterocycles. The summed E-state index contributed by atoms with van der Waals surface area (Å²) in [6.45, 7) is 0.553. The molecule has 0 radical (unpaired) electrons. The lowest BCUT2D eigenvalue weighted by Gasteiger charge is -2.04. The molecular formula is C6H15NO2S. The van der Waals surface area contributed by atoms with Crippen molar-refractivity contribution in [3.8, 4) is 0 Å². The van der Waals surface area contributed by atoms with Gasteiger partial charge in [-0.1, -0.05) is 0 Å². The molecule has 0 aliphatic heterocycles. The molecule has 0 aromatic heterocycles. The molecular weight excluding hydrogens is 150 g/mol. The van der Waals surface area contributed by atoms with Gasteiger partial charge in [-0.2, -0.15) is 11.8 Å². The lowest BCUT2D eigenvalue weighted by molar-refractivity contribution is 0.113. The molecule has 0 spiro atoms. The van der Waals surface area contributed by atoms with Gasteiger partial charge in [0.2, 0.25) is 0 Å². The molecule has 0 aromatic rings. The van der Waals surface area contributed by atoms with E-state index < -0.39 is 6.10 Å². The minimum atomic E-state index is -0.567. The first-order valence-electron chi connectivity index (χ1n) is 3.38. The molecule has 0 aliphatic carbocycles. The topological polar surface area (TPSA) is 66.5 Å². The molecule has 0 saturated carbocycles. The van der Waals surface area contributed by atoms with Gasteiger partial charge in [-0.25, -0.2) is 0 Å². The standard InChI is InChI=1S/C6H15NO2S/c7-2-1-3-10-5-6(9)4-8/h6,8-9H,1-5,7H2. The molecule has 0 saturated heterocycles. The van der Waals surface area contributed by atoms with Gasteiger partial charge in [0.1, 0.15) is 0 Å². The van der Waals surface area contributed by atoms with Crippen LogP contribution >= 0.6 is 11.8 Å². The largest absolute Gasteiger partial charge is 0.394 e. The zero-order chi connectivity index (χ0) is 7.82. The first-order valence-corrected chi connectivity index (χ1v) is 4.53. The van der Waals surface area contributed by atoms with Crippen LogP contribution in [-0.4, -0.2) is 41.0 Å². The van der Waals surface area contributed by atoms with Crippen LogP contribution in [0.15, 0.2) is 0 Å². The Morgan fingerprint density at radius 2 is 2.20 bits per heavy atom. The van der Waals surface area contributed by atoms with Crippen LogP contribution in [0.3, 0.4) is 0 Å².